The molecule has 0 aliphatic rings. The molecule has 2 aromatic rings. The first-order chi connectivity index (χ1) is 8.15. The number of aromatic hydroxyl groups is 1. The Kier molecular flexibility index (Phi) is 3.64. The fourth-order valence-corrected chi connectivity index (χ4v) is 2.04. The Morgan fingerprint density at radius 3 is 2.53 bits per heavy atom. The molecule has 0 aromatic heterocycles. The number of benzene rings is 2. The molecule has 0 bridgehead atoms. The zero-order chi connectivity index (χ0) is 12.3. The summed E-state index contributed by atoms with van der Waals surface area (Å²) in [4.78, 5) is 0. The highest BCUT2D eigenvalue weighted by Crippen LogP contribution is 2.21. The van der Waals surface area contributed by atoms with Crippen molar-refractivity contribution in [1.82, 2.24) is 0 Å². The molecule has 0 radical (unpaired) electrons. The van der Waals surface area contributed by atoms with E-state index in [1.165, 1.54) is 5.56 Å². The number of rotatable bonds is 4. The van der Waals surface area contributed by atoms with Crippen LogP contribution in [0, 0.1) is 0 Å². The molecule has 90 valence electrons. The lowest BCUT2D eigenvalue weighted by Crippen LogP contribution is -1.99. The number of fused-ring (bicyclic) bond motifs is 1. The first-order valence-electron chi connectivity index (χ1n) is 6.05. The van der Waals surface area contributed by atoms with Gasteiger partial charge < -0.3 is 10.2 Å². The van der Waals surface area contributed by atoms with Gasteiger partial charge in [-0.25, -0.2) is 0 Å². The minimum atomic E-state index is -0.215. The maximum atomic E-state index is 9.37. The smallest absolute Gasteiger partial charge is 0.116 e. The van der Waals surface area contributed by atoms with E-state index in [9.17, 15) is 10.2 Å². The molecule has 1 atom stereocenters. The lowest BCUT2D eigenvalue weighted by Gasteiger charge is -2.06. The van der Waals surface area contributed by atoms with E-state index in [-0.39, 0.29) is 6.10 Å². The fraction of sp³-hybridized carbons (Fsp3) is 0.333. The molecule has 0 saturated heterocycles. The molecule has 0 aliphatic heterocycles. The van der Waals surface area contributed by atoms with E-state index >= 15 is 0 Å². The van der Waals surface area contributed by atoms with Gasteiger partial charge in [0.2, 0.25) is 0 Å². The van der Waals surface area contributed by atoms with E-state index < -0.39 is 0 Å². The monoisotopic (exact) mass is 230 g/mol. The Morgan fingerprint density at radius 1 is 1.06 bits per heavy atom. The van der Waals surface area contributed by atoms with Crippen molar-refractivity contribution in [3.63, 3.8) is 0 Å². The number of aliphatic hydroxyl groups excluding tert-OH is 1. The molecular weight excluding hydrogens is 212 g/mol. The molecule has 2 heteroatoms. The zero-order valence-electron chi connectivity index (χ0n) is 10.1. The van der Waals surface area contributed by atoms with Crippen molar-refractivity contribution in [3.05, 3.63) is 42.0 Å². The summed E-state index contributed by atoms with van der Waals surface area (Å²) in [5.41, 5.74) is 1.28. The van der Waals surface area contributed by atoms with E-state index in [1.54, 1.807) is 12.1 Å². The Balaban J connectivity index is 2.12. The number of phenols is 1. The van der Waals surface area contributed by atoms with Gasteiger partial charge in [-0.15, -0.1) is 0 Å². The maximum Gasteiger partial charge on any atom is 0.116 e. The van der Waals surface area contributed by atoms with E-state index in [1.807, 2.05) is 19.1 Å². The predicted molar refractivity (Wildman–Crippen MR) is 70.2 cm³/mol. The van der Waals surface area contributed by atoms with E-state index in [0.717, 1.165) is 30.0 Å². The Morgan fingerprint density at radius 2 is 1.76 bits per heavy atom. The Hall–Kier alpha value is -1.54. The highest BCUT2D eigenvalue weighted by atomic mass is 16.3. The largest absolute Gasteiger partial charge is 0.508 e. The molecule has 0 unspecified atom stereocenters. The first kappa shape index (κ1) is 11.9. The summed E-state index contributed by atoms with van der Waals surface area (Å²) >= 11 is 0. The summed E-state index contributed by atoms with van der Waals surface area (Å²) in [5, 5.41) is 20.8. The molecule has 0 fully saturated rings. The first-order valence-corrected chi connectivity index (χ1v) is 6.05. The van der Waals surface area contributed by atoms with Crippen LogP contribution in [-0.4, -0.2) is 16.3 Å². The molecular formula is C15H18O2. The van der Waals surface area contributed by atoms with Gasteiger partial charge in [0.1, 0.15) is 5.75 Å². The summed E-state index contributed by atoms with van der Waals surface area (Å²) < 4.78 is 0. The van der Waals surface area contributed by atoms with Crippen LogP contribution < -0.4 is 0 Å². The third-order valence-corrected chi connectivity index (χ3v) is 2.98. The predicted octanol–water partition coefficient (Wildman–Crippen LogP) is 3.25. The molecule has 2 nitrogen and oxygen atoms in total. The number of aliphatic hydroxyl groups is 1. The average Bonchev–Trinajstić information content (AvgIpc) is 2.29. The second kappa shape index (κ2) is 5.19. The highest BCUT2D eigenvalue weighted by Gasteiger charge is 2.00. The van der Waals surface area contributed by atoms with Crippen molar-refractivity contribution in [2.45, 2.75) is 32.3 Å². The summed E-state index contributed by atoms with van der Waals surface area (Å²) in [7, 11) is 0. The van der Waals surface area contributed by atoms with Crippen LogP contribution in [0.25, 0.3) is 10.8 Å². The summed E-state index contributed by atoms with van der Waals surface area (Å²) in [5.74, 6) is 0.305. The quantitative estimate of drug-likeness (QED) is 0.846. The van der Waals surface area contributed by atoms with Crippen molar-refractivity contribution >= 4 is 10.8 Å². The summed E-state index contributed by atoms with van der Waals surface area (Å²) in [6.45, 7) is 1.82. The topological polar surface area (TPSA) is 40.5 Å². The van der Waals surface area contributed by atoms with Crippen LogP contribution in [-0.2, 0) is 6.42 Å². The maximum absolute atomic E-state index is 9.37. The molecule has 0 aliphatic carbocycles. The van der Waals surface area contributed by atoms with Gasteiger partial charge in [-0.2, -0.15) is 0 Å². The van der Waals surface area contributed by atoms with Crippen molar-refractivity contribution in [2.24, 2.45) is 0 Å². The third-order valence-electron chi connectivity index (χ3n) is 2.98. The van der Waals surface area contributed by atoms with Crippen molar-refractivity contribution in [2.75, 3.05) is 0 Å². The molecule has 0 amide bonds. The van der Waals surface area contributed by atoms with Gasteiger partial charge in [0.15, 0.2) is 0 Å². The van der Waals surface area contributed by atoms with Crippen LogP contribution in [0.5, 0.6) is 5.75 Å². The van der Waals surface area contributed by atoms with Crippen LogP contribution >= 0.6 is 0 Å². The average molecular weight is 230 g/mol. The van der Waals surface area contributed by atoms with Crippen LogP contribution in [0.1, 0.15) is 25.3 Å². The lowest BCUT2D eigenvalue weighted by molar-refractivity contribution is 0.182. The second-order valence-corrected chi connectivity index (χ2v) is 4.61. The van der Waals surface area contributed by atoms with Gasteiger partial charge in [-0.05, 0) is 54.7 Å². The second-order valence-electron chi connectivity index (χ2n) is 4.61. The van der Waals surface area contributed by atoms with Gasteiger partial charge >= 0.3 is 0 Å². The molecule has 2 N–H and O–H groups in total. The van der Waals surface area contributed by atoms with Crippen LogP contribution in [0.3, 0.4) is 0 Å². The van der Waals surface area contributed by atoms with Gasteiger partial charge in [0, 0.05) is 0 Å². The molecule has 0 heterocycles. The Labute approximate surface area is 102 Å². The van der Waals surface area contributed by atoms with Crippen molar-refractivity contribution in [1.29, 1.82) is 0 Å². The normalized spacial score (nSPS) is 12.8. The van der Waals surface area contributed by atoms with Crippen LogP contribution in [0.2, 0.25) is 0 Å². The number of phenolic OH excluding ortho intramolecular Hbond substituents is 1. The van der Waals surface area contributed by atoms with Crippen molar-refractivity contribution in [3.8, 4) is 5.75 Å². The minimum Gasteiger partial charge on any atom is -0.508 e. The molecule has 0 spiro atoms. The minimum absolute atomic E-state index is 0.215. The van der Waals surface area contributed by atoms with Crippen LogP contribution in [0.15, 0.2) is 36.4 Å². The fourth-order valence-electron chi connectivity index (χ4n) is 2.04. The van der Waals surface area contributed by atoms with Crippen LogP contribution in [0.4, 0.5) is 0 Å². The van der Waals surface area contributed by atoms with Gasteiger partial charge in [0.05, 0.1) is 6.10 Å². The van der Waals surface area contributed by atoms with E-state index in [4.69, 9.17) is 0 Å². The lowest BCUT2D eigenvalue weighted by atomic mass is 10.0. The molecule has 17 heavy (non-hydrogen) atoms. The number of hydrogen-bond acceptors (Lipinski definition) is 2. The highest BCUT2D eigenvalue weighted by molar-refractivity contribution is 5.84. The molecule has 0 saturated carbocycles. The summed E-state index contributed by atoms with van der Waals surface area (Å²) in [6, 6.07) is 11.7. The Bertz CT molecular complexity index is 503. The standard InChI is InChI=1S/C15H18O2/c1-11(16)3-2-4-12-5-6-14-10-15(17)8-7-13(14)9-12/h5-11,16-17H,2-4H2,1H3/t11-/m0/s1. The van der Waals surface area contributed by atoms with Gasteiger partial charge in [0.25, 0.3) is 0 Å². The van der Waals surface area contributed by atoms with Crippen molar-refractivity contribution < 1.29 is 10.2 Å². The molecule has 2 aromatic carbocycles. The van der Waals surface area contributed by atoms with E-state index in [2.05, 4.69) is 12.1 Å². The third kappa shape index (κ3) is 3.21. The zero-order valence-corrected chi connectivity index (χ0v) is 10.1. The summed E-state index contributed by atoms with van der Waals surface area (Å²) in [6.07, 6.45) is 2.61. The van der Waals surface area contributed by atoms with E-state index in [0.29, 0.717) is 5.75 Å². The number of hydrogen-bond donors (Lipinski definition) is 2. The SMILES string of the molecule is C[C@H](O)CCCc1ccc2cc(O)ccc2c1. The molecule has 2 rings (SSSR count). The van der Waals surface area contributed by atoms with Gasteiger partial charge in [-0.3, -0.25) is 0 Å². The number of aryl methyl sites for hydroxylation is 1. The van der Waals surface area contributed by atoms with Gasteiger partial charge in [-0.1, -0.05) is 24.3 Å².